The van der Waals surface area contributed by atoms with Crippen molar-refractivity contribution in [2.24, 2.45) is 0 Å². The number of aliphatic carboxylic acids is 1. The summed E-state index contributed by atoms with van der Waals surface area (Å²) in [6, 6.07) is 3.29. The Labute approximate surface area is 224 Å². The van der Waals surface area contributed by atoms with Gasteiger partial charge < -0.3 is 39.2 Å². The number of nitrogens with zero attached hydrogens (tertiary/aromatic N) is 2. The highest BCUT2D eigenvalue weighted by molar-refractivity contribution is 5.95. The van der Waals surface area contributed by atoms with Crippen molar-refractivity contribution in [1.29, 1.82) is 0 Å². The van der Waals surface area contributed by atoms with Gasteiger partial charge in [0.15, 0.2) is 11.5 Å². The van der Waals surface area contributed by atoms with Crippen LogP contribution < -0.4 is 19.5 Å². The van der Waals surface area contributed by atoms with E-state index in [1.807, 2.05) is 0 Å². The van der Waals surface area contributed by atoms with Gasteiger partial charge in [0.1, 0.15) is 6.10 Å². The molecular weight excluding hydrogens is 494 g/mol. The number of ether oxygens (including phenoxy) is 4. The van der Waals surface area contributed by atoms with Gasteiger partial charge in [-0.1, -0.05) is 0 Å². The molecule has 2 heterocycles. The van der Waals surface area contributed by atoms with Crippen LogP contribution >= 0.6 is 0 Å². The molecule has 0 aliphatic carbocycles. The number of benzene rings is 1. The number of carbonyl (C=O) groups excluding carboxylic acids is 2. The summed E-state index contributed by atoms with van der Waals surface area (Å²) in [7, 11) is 3.02. The molecule has 3 unspecified atom stereocenters. The van der Waals surface area contributed by atoms with E-state index in [0.29, 0.717) is 55.2 Å². The molecule has 1 amide bonds. The van der Waals surface area contributed by atoms with Crippen LogP contribution in [0.4, 0.5) is 0 Å². The van der Waals surface area contributed by atoms with Crippen molar-refractivity contribution in [3.8, 4) is 17.2 Å². The molecule has 1 fully saturated rings. The van der Waals surface area contributed by atoms with Crippen molar-refractivity contribution in [3.63, 3.8) is 0 Å². The highest BCUT2D eigenvalue weighted by Gasteiger charge is 2.21. The van der Waals surface area contributed by atoms with Crippen LogP contribution in [0.2, 0.25) is 0 Å². The Morgan fingerprint density at radius 2 is 1.71 bits per heavy atom. The van der Waals surface area contributed by atoms with Gasteiger partial charge in [-0.25, -0.2) is 0 Å². The SMILES string of the molecule is COc1cc2cc(c1OC)OCCCC(OC(=O)CCC(=O)O)CCN1CCCN(CCCNC2=O)CC1. The number of carboxylic acid groups (broad SMARTS) is 1. The predicted octanol–water partition coefficient (Wildman–Crippen LogP) is 2.17. The van der Waals surface area contributed by atoms with Crippen molar-refractivity contribution < 1.29 is 38.4 Å². The van der Waals surface area contributed by atoms with E-state index >= 15 is 0 Å². The molecule has 0 saturated carbocycles. The van der Waals surface area contributed by atoms with Gasteiger partial charge in [-0.15, -0.1) is 0 Å². The Balaban J connectivity index is 1.75. The highest BCUT2D eigenvalue weighted by atomic mass is 16.5. The van der Waals surface area contributed by atoms with E-state index in [9.17, 15) is 14.4 Å². The molecule has 212 valence electrons. The number of methoxy groups -OCH3 is 2. The van der Waals surface area contributed by atoms with Crippen LogP contribution in [0.1, 0.15) is 55.3 Å². The fourth-order valence-electron chi connectivity index (χ4n) is 4.78. The maximum atomic E-state index is 12.9. The van der Waals surface area contributed by atoms with Gasteiger partial charge in [0.25, 0.3) is 5.91 Å². The van der Waals surface area contributed by atoms with E-state index in [0.717, 1.165) is 52.1 Å². The normalized spacial score (nSPS) is 23.4. The number of amides is 1. The average molecular weight is 536 g/mol. The standard InChI is InChI=1S/C27H41N3O8/c1-35-22-18-20-19-23(26(22)36-2)37-17-3-6-21(38-25(33)8-7-24(31)32)9-14-30-13-5-12-29(15-16-30)11-4-10-28-27(20)34/h18-19,21H,3-17H2,1-2H3,(H,28,34)(H,31,32). The molecule has 11 nitrogen and oxygen atoms in total. The lowest BCUT2D eigenvalue weighted by Gasteiger charge is -2.24. The van der Waals surface area contributed by atoms with Gasteiger partial charge in [0.05, 0.1) is 33.7 Å². The molecule has 0 aromatic heterocycles. The van der Waals surface area contributed by atoms with Crippen molar-refractivity contribution in [2.75, 3.05) is 66.6 Å². The van der Waals surface area contributed by atoms with Gasteiger partial charge >= 0.3 is 11.9 Å². The zero-order valence-corrected chi connectivity index (χ0v) is 22.5. The van der Waals surface area contributed by atoms with Crippen LogP contribution in [0.25, 0.3) is 0 Å². The minimum Gasteiger partial charge on any atom is -0.493 e. The zero-order valence-electron chi connectivity index (χ0n) is 22.5. The first-order chi connectivity index (χ1) is 18.4. The summed E-state index contributed by atoms with van der Waals surface area (Å²) in [6.45, 7) is 6.45. The molecule has 0 radical (unpaired) electrons. The minimum atomic E-state index is -1.02. The van der Waals surface area contributed by atoms with Crippen molar-refractivity contribution in [1.82, 2.24) is 15.1 Å². The maximum absolute atomic E-state index is 12.9. The number of nitrogens with one attached hydrogen (secondary N) is 1. The molecule has 0 spiro atoms. The zero-order chi connectivity index (χ0) is 27.3. The Bertz CT molecular complexity index is 941. The lowest BCUT2D eigenvalue weighted by atomic mass is 10.1. The molecular formula is C27H41N3O8. The summed E-state index contributed by atoms with van der Waals surface area (Å²) in [6.07, 6.45) is 2.99. The largest absolute Gasteiger partial charge is 0.493 e. The third kappa shape index (κ3) is 9.36. The third-order valence-corrected chi connectivity index (χ3v) is 6.86. The van der Waals surface area contributed by atoms with E-state index in [1.165, 1.54) is 14.2 Å². The molecule has 1 saturated heterocycles. The van der Waals surface area contributed by atoms with Gasteiger partial charge in [0.2, 0.25) is 5.75 Å². The first kappa shape index (κ1) is 29.5. The van der Waals surface area contributed by atoms with Crippen LogP contribution in [0.3, 0.4) is 0 Å². The number of esters is 1. The molecule has 4 bridgehead atoms. The highest BCUT2D eigenvalue weighted by Crippen LogP contribution is 2.38. The van der Waals surface area contributed by atoms with Crippen LogP contribution in [0.5, 0.6) is 17.2 Å². The van der Waals surface area contributed by atoms with Crippen LogP contribution in [-0.2, 0) is 14.3 Å². The summed E-state index contributed by atoms with van der Waals surface area (Å²) >= 11 is 0. The number of hydrogen-bond donors (Lipinski definition) is 2. The first-order valence-electron chi connectivity index (χ1n) is 13.4. The Morgan fingerprint density at radius 3 is 2.42 bits per heavy atom. The Kier molecular flexibility index (Phi) is 11.9. The van der Waals surface area contributed by atoms with Crippen LogP contribution in [-0.4, -0.2) is 105 Å². The Hall–Kier alpha value is -3.05. The predicted molar refractivity (Wildman–Crippen MR) is 140 cm³/mol. The molecule has 2 aliphatic rings. The summed E-state index contributed by atoms with van der Waals surface area (Å²) in [5.41, 5.74) is 0.422. The second kappa shape index (κ2) is 15.4. The minimum absolute atomic E-state index is 0.146. The molecule has 2 aliphatic heterocycles. The quantitative estimate of drug-likeness (QED) is 0.523. The molecule has 3 rings (SSSR count). The summed E-state index contributed by atoms with van der Waals surface area (Å²) in [4.78, 5) is 40.8. The smallest absolute Gasteiger partial charge is 0.306 e. The van der Waals surface area contributed by atoms with E-state index < -0.39 is 11.9 Å². The second-order valence-corrected chi connectivity index (χ2v) is 9.64. The third-order valence-electron chi connectivity index (χ3n) is 6.86. The topological polar surface area (TPSA) is 127 Å². The van der Waals surface area contributed by atoms with Gasteiger partial charge in [-0.05, 0) is 63.9 Å². The summed E-state index contributed by atoms with van der Waals surface area (Å²) in [5.74, 6) is -0.519. The maximum Gasteiger partial charge on any atom is 0.306 e. The number of carbonyl (C=O) groups is 3. The van der Waals surface area contributed by atoms with Gasteiger partial charge in [-0.3, -0.25) is 14.4 Å². The van der Waals surface area contributed by atoms with Crippen LogP contribution in [0, 0.1) is 0 Å². The second-order valence-electron chi connectivity index (χ2n) is 9.64. The number of carboxylic acids is 1. The summed E-state index contributed by atoms with van der Waals surface area (Å²) in [5, 5.41) is 11.9. The molecule has 3 atom stereocenters. The molecule has 1 aromatic carbocycles. The lowest BCUT2D eigenvalue weighted by molar-refractivity contribution is -0.152. The number of fused-ring (bicyclic) bond motifs is 5. The monoisotopic (exact) mass is 535 g/mol. The van der Waals surface area contributed by atoms with Gasteiger partial charge in [0, 0.05) is 31.7 Å². The number of hydrogen-bond acceptors (Lipinski definition) is 9. The fourth-order valence-corrected chi connectivity index (χ4v) is 4.78. The molecule has 2 N–H and O–H groups in total. The molecule has 11 heteroatoms. The van der Waals surface area contributed by atoms with E-state index in [2.05, 4.69) is 15.1 Å². The van der Waals surface area contributed by atoms with Crippen LogP contribution in [0.15, 0.2) is 12.1 Å². The number of rotatable bonds is 6. The van der Waals surface area contributed by atoms with E-state index in [4.69, 9.17) is 24.1 Å². The molecule has 38 heavy (non-hydrogen) atoms. The first-order valence-corrected chi connectivity index (χ1v) is 13.4. The lowest BCUT2D eigenvalue weighted by Crippen LogP contribution is -2.34. The van der Waals surface area contributed by atoms with E-state index in [1.54, 1.807) is 12.1 Å². The average Bonchev–Trinajstić information content (AvgIpc) is 3.14. The van der Waals surface area contributed by atoms with Gasteiger partial charge in [-0.2, -0.15) is 0 Å². The van der Waals surface area contributed by atoms with Crippen molar-refractivity contribution >= 4 is 17.8 Å². The fraction of sp³-hybridized carbons (Fsp3) is 0.667. The molecule has 1 aromatic rings. The van der Waals surface area contributed by atoms with Crippen molar-refractivity contribution in [2.45, 2.75) is 51.0 Å². The van der Waals surface area contributed by atoms with Crippen molar-refractivity contribution in [3.05, 3.63) is 17.7 Å². The van der Waals surface area contributed by atoms with E-state index in [-0.39, 0.29) is 24.9 Å². The Morgan fingerprint density at radius 1 is 0.974 bits per heavy atom. The summed E-state index contributed by atoms with van der Waals surface area (Å²) < 4.78 is 22.6.